The maximum atomic E-state index is 11.6. The number of carbonyl (C=O) groups excluding carboxylic acids is 2. The average molecular weight is 248 g/mol. The van der Waals surface area contributed by atoms with Crippen LogP contribution in [0.4, 0.5) is 4.79 Å². The summed E-state index contributed by atoms with van der Waals surface area (Å²) in [6, 6.07) is -1.32. The van der Waals surface area contributed by atoms with Gasteiger partial charge in [0.25, 0.3) is 0 Å². The van der Waals surface area contributed by atoms with Crippen LogP contribution in [0.25, 0.3) is 0 Å². The second-order valence-corrected chi connectivity index (χ2v) is 4.35. The third kappa shape index (κ3) is 7.39. The van der Waals surface area contributed by atoms with Crippen molar-refractivity contribution in [2.24, 2.45) is 5.73 Å². The fraction of sp³-hybridized carbons (Fsp3) is 0.800. The van der Waals surface area contributed by atoms with E-state index in [1.165, 1.54) is 0 Å². The predicted octanol–water partition coefficient (Wildman–Crippen LogP) is 1.12. The molecule has 0 rings (SSSR count). The molecule has 0 heterocycles. The quantitative estimate of drug-likeness (QED) is 0.498. The van der Waals surface area contributed by atoms with E-state index in [0.29, 0.717) is 13.0 Å². The minimum Gasteiger partial charge on any atom is -0.464 e. The Morgan fingerprint density at radius 2 is 2.19 bits per heavy atom. The number of unbranched alkanes of at least 4 members (excludes halogenated alkanes) is 1. The van der Waals surface area contributed by atoms with E-state index in [4.69, 9.17) is 10.5 Å². The summed E-state index contributed by atoms with van der Waals surface area (Å²) in [5, 5.41) is 2.39. The zero-order chi connectivity index (χ0) is 12.4. The van der Waals surface area contributed by atoms with Crippen LogP contribution in [0.5, 0.6) is 0 Å². The molecule has 0 aliphatic heterocycles. The summed E-state index contributed by atoms with van der Waals surface area (Å²) in [4.78, 5) is 22.3. The van der Waals surface area contributed by atoms with Gasteiger partial charge in [-0.05, 0) is 24.9 Å². The van der Waals surface area contributed by atoms with Crippen molar-refractivity contribution in [1.29, 1.82) is 0 Å². The van der Waals surface area contributed by atoms with Crippen LogP contribution in [0, 0.1) is 0 Å². The Morgan fingerprint density at radius 3 is 2.69 bits per heavy atom. The zero-order valence-electron chi connectivity index (χ0n) is 9.82. The van der Waals surface area contributed by atoms with Crippen molar-refractivity contribution in [2.75, 3.05) is 18.6 Å². The molecule has 16 heavy (non-hydrogen) atoms. The number of rotatable bonds is 8. The number of nitrogens with two attached hydrogens (primary N) is 1. The van der Waals surface area contributed by atoms with Gasteiger partial charge in [-0.1, -0.05) is 13.3 Å². The number of nitrogens with one attached hydrogen (secondary N) is 1. The Morgan fingerprint density at radius 1 is 1.50 bits per heavy atom. The van der Waals surface area contributed by atoms with Gasteiger partial charge in [0, 0.05) is 0 Å². The highest BCUT2D eigenvalue weighted by Crippen LogP contribution is 2.03. The van der Waals surface area contributed by atoms with E-state index < -0.39 is 18.0 Å². The fourth-order valence-corrected chi connectivity index (χ4v) is 1.55. The van der Waals surface area contributed by atoms with Crippen molar-refractivity contribution < 1.29 is 14.3 Å². The smallest absolute Gasteiger partial charge is 0.328 e. The molecule has 0 spiro atoms. The van der Waals surface area contributed by atoms with Crippen LogP contribution >= 0.6 is 11.8 Å². The summed E-state index contributed by atoms with van der Waals surface area (Å²) in [6.45, 7) is 2.41. The lowest BCUT2D eigenvalue weighted by molar-refractivity contribution is -0.146. The zero-order valence-corrected chi connectivity index (χ0v) is 10.6. The molecule has 0 aromatic rings. The Bertz CT molecular complexity index is 224. The molecule has 0 saturated heterocycles. The number of esters is 1. The Hall–Kier alpha value is -0.910. The maximum Gasteiger partial charge on any atom is 0.328 e. The minimum absolute atomic E-state index is 0.394. The van der Waals surface area contributed by atoms with Crippen LogP contribution in [0.2, 0.25) is 0 Å². The van der Waals surface area contributed by atoms with Gasteiger partial charge in [0.15, 0.2) is 0 Å². The number of carbonyl (C=O) groups is 2. The molecule has 0 fully saturated rings. The highest BCUT2D eigenvalue weighted by molar-refractivity contribution is 7.98. The van der Waals surface area contributed by atoms with Crippen LogP contribution in [-0.2, 0) is 9.53 Å². The van der Waals surface area contributed by atoms with Crippen LogP contribution in [0.1, 0.15) is 26.2 Å². The van der Waals surface area contributed by atoms with Crippen LogP contribution in [0.15, 0.2) is 0 Å². The molecule has 2 amide bonds. The number of hydrogen-bond acceptors (Lipinski definition) is 4. The molecule has 1 unspecified atom stereocenters. The third-order valence-corrected chi connectivity index (χ3v) is 2.60. The van der Waals surface area contributed by atoms with Gasteiger partial charge in [0.05, 0.1) is 6.61 Å². The summed E-state index contributed by atoms with van der Waals surface area (Å²) in [6.07, 6.45) is 4.27. The number of thioether (sulfide) groups is 1. The predicted molar refractivity (Wildman–Crippen MR) is 65.4 cm³/mol. The van der Waals surface area contributed by atoms with E-state index in [9.17, 15) is 9.59 Å². The van der Waals surface area contributed by atoms with Gasteiger partial charge in [-0.3, -0.25) is 0 Å². The summed E-state index contributed by atoms with van der Waals surface area (Å²) < 4.78 is 5.02. The molecule has 0 bridgehead atoms. The monoisotopic (exact) mass is 248 g/mol. The average Bonchev–Trinajstić information content (AvgIpc) is 2.23. The summed E-state index contributed by atoms with van der Waals surface area (Å²) in [5.41, 5.74) is 4.99. The SMILES string of the molecule is CCCCOC(=O)C(CCSC)NC(N)=O. The number of amides is 2. The summed E-state index contributed by atoms with van der Waals surface area (Å²) in [7, 11) is 0. The van der Waals surface area contributed by atoms with Crippen molar-refractivity contribution >= 4 is 23.8 Å². The van der Waals surface area contributed by atoms with Gasteiger partial charge in [-0.2, -0.15) is 11.8 Å². The van der Waals surface area contributed by atoms with Crippen molar-refractivity contribution in [3.8, 4) is 0 Å². The first kappa shape index (κ1) is 15.1. The van der Waals surface area contributed by atoms with Crippen molar-refractivity contribution in [3.63, 3.8) is 0 Å². The second kappa shape index (κ2) is 9.33. The molecule has 0 radical (unpaired) electrons. The van der Waals surface area contributed by atoms with Gasteiger partial charge in [-0.25, -0.2) is 9.59 Å². The highest BCUT2D eigenvalue weighted by Gasteiger charge is 2.20. The number of hydrogen-bond donors (Lipinski definition) is 2. The molecule has 94 valence electrons. The van der Waals surface area contributed by atoms with E-state index in [2.05, 4.69) is 5.32 Å². The lowest BCUT2D eigenvalue weighted by atomic mass is 10.2. The molecule has 3 N–H and O–H groups in total. The Kier molecular flexibility index (Phi) is 8.80. The van der Waals surface area contributed by atoms with Crippen molar-refractivity contribution in [3.05, 3.63) is 0 Å². The van der Waals surface area contributed by atoms with E-state index in [0.717, 1.165) is 18.6 Å². The first-order valence-corrected chi connectivity index (χ1v) is 6.72. The third-order valence-electron chi connectivity index (χ3n) is 1.95. The number of urea groups is 1. The van der Waals surface area contributed by atoms with Crippen molar-refractivity contribution in [2.45, 2.75) is 32.2 Å². The molecule has 0 aromatic carbocycles. The van der Waals surface area contributed by atoms with E-state index in [1.54, 1.807) is 11.8 Å². The summed E-state index contributed by atoms with van der Waals surface area (Å²) >= 11 is 1.60. The summed E-state index contributed by atoms with van der Waals surface area (Å²) in [5.74, 6) is 0.370. The van der Waals surface area contributed by atoms with Crippen LogP contribution in [-0.4, -0.2) is 36.7 Å². The van der Waals surface area contributed by atoms with E-state index in [1.807, 2.05) is 13.2 Å². The number of ether oxygens (including phenoxy) is 1. The molecule has 1 atom stereocenters. The standard InChI is InChI=1S/C10H20N2O3S/c1-3-4-6-15-9(13)8(5-7-16-2)12-10(11)14/h8H,3-7H2,1-2H3,(H3,11,12,14). The van der Waals surface area contributed by atoms with Gasteiger partial charge in [0.1, 0.15) is 6.04 Å². The van der Waals surface area contributed by atoms with Crippen molar-refractivity contribution in [1.82, 2.24) is 5.32 Å². The maximum absolute atomic E-state index is 11.6. The van der Waals surface area contributed by atoms with E-state index >= 15 is 0 Å². The molecule has 5 nitrogen and oxygen atoms in total. The van der Waals surface area contributed by atoms with Gasteiger partial charge in [-0.15, -0.1) is 0 Å². The van der Waals surface area contributed by atoms with Crippen LogP contribution in [0.3, 0.4) is 0 Å². The molecule has 0 saturated carbocycles. The molecule has 6 heteroatoms. The molecule has 0 aromatic heterocycles. The van der Waals surface area contributed by atoms with E-state index in [-0.39, 0.29) is 0 Å². The minimum atomic E-state index is -0.696. The second-order valence-electron chi connectivity index (χ2n) is 3.36. The van der Waals surface area contributed by atoms with Crippen LogP contribution < -0.4 is 11.1 Å². The Labute approximate surface area is 100 Å². The lowest BCUT2D eigenvalue weighted by Crippen LogP contribution is -2.44. The largest absolute Gasteiger partial charge is 0.464 e. The topological polar surface area (TPSA) is 81.4 Å². The highest BCUT2D eigenvalue weighted by atomic mass is 32.2. The normalized spacial score (nSPS) is 11.9. The Balaban J connectivity index is 4.04. The molecule has 0 aliphatic carbocycles. The number of primary amides is 1. The molecular weight excluding hydrogens is 228 g/mol. The van der Waals surface area contributed by atoms with Gasteiger partial charge < -0.3 is 15.8 Å². The fourth-order valence-electron chi connectivity index (χ4n) is 1.07. The lowest BCUT2D eigenvalue weighted by Gasteiger charge is -2.15. The molecular formula is C10H20N2O3S. The first-order chi connectivity index (χ1) is 7.61. The van der Waals surface area contributed by atoms with Gasteiger partial charge in [0.2, 0.25) is 0 Å². The molecule has 0 aliphatic rings. The first-order valence-electron chi connectivity index (χ1n) is 5.33. The van der Waals surface area contributed by atoms with Gasteiger partial charge >= 0.3 is 12.0 Å².